The van der Waals surface area contributed by atoms with Crippen molar-refractivity contribution in [2.75, 3.05) is 17.6 Å². The van der Waals surface area contributed by atoms with E-state index in [1.807, 2.05) is 10.8 Å². The van der Waals surface area contributed by atoms with Crippen LogP contribution in [0.4, 0.5) is 11.8 Å². The Morgan fingerprint density at radius 1 is 1.24 bits per heavy atom. The molecule has 0 saturated heterocycles. The summed E-state index contributed by atoms with van der Waals surface area (Å²) in [5.74, 6) is 0.159. The first-order valence-electron chi connectivity index (χ1n) is 11.2. The number of rotatable bonds is 8. The van der Waals surface area contributed by atoms with E-state index in [2.05, 4.69) is 37.5 Å². The number of amides is 1. The van der Waals surface area contributed by atoms with Crippen LogP contribution in [0.3, 0.4) is 0 Å². The van der Waals surface area contributed by atoms with Gasteiger partial charge in [0, 0.05) is 31.6 Å². The maximum atomic E-state index is 12.1. The molecular weight excluding hydrogens is 426 g/mol. The first-order valence-corrected chi connectivity index (χ1v) is 11.2. The number of fused-ring (bicyclic) bond motifs is 1. The number of hydrogen-bond acceptors (Lipinski definition) is 9. The van der Waals surface area contributed by atoms with Crippen LogP contribution >= 0.6 is 0 Å². The van der Waals surface area contributed by atoms with Gasteiger partial charge in [-0.15, -0.1) is 0 Å². The van der Waals surface area contributed by atoms with E-state index in [4.69, 9.17) is 5.73 Å². The molecule has 3 heterocycles. The van der Waals surface area contributed by atoms with Crippen molar-refractivity contribution < 1.29 is 15.0 Å². The third-order valence-electron chi connectivity index (χ3n) is 6.03. The highest BCUT2D eigenvalue weighted by Crippen LogP contribution is 2.34. The molecule has 4 rings (SSSR count). The van der Waals surface area contributed by atoms with Gasteiger partial charge in [-0.05, 0) is 13.3 Å². The lowest BCUT2D eigenvalue weighted by Crippen LogP contribution is -2.44. The summed E-state index contributed by atoms with van der Waals surface area (Å²) in [7, 11) is 0. The number of nitrogens with one attached hydrogen (secondary N) is 2. The number of nitrogens with zero attached hydrogens (tertiary/aromatic N) is 6. The first-order chi connectivity index (χ1) is 15.8. The summed E-state index contributed by atoms with van der Waals surface area (Å²) in [6, 6.07) is -1.10. The Bertz CT molecular complexity index is 1130. The number of aromatic nitrogens is 6. The second-order valence-corrected chi connectivity index (χ2v) is 8.68. The third-order valence-corrected chi connectivity index (χ3v) is 6.03. The van der Waals surface area contributed by atoms with Crippen LogP contribution in [0.5, 0.6) is 0 Å². The van der Waals surface area contributed by atoms with Crippen LogP contribution in [0, 0.1) is 5.92 Å². The first kappa shape index (κ1) is 22.9. The van der Waals surface area contributed by atoms with Crippen molar-refractivity contribution in [2.45, 2.75) is 64.4 Å². The van der Waals surface area contributed by atoms with E-state index >= 15 is 0 Å². The standard InChI is InChI=1S/C21H31N9O3/c1-4-29-8-12(24-9-29)5-6-23-21-27-18(22)15-19(28-21)30(10-25-15)14-7-13(16(31)17(14)32)26-20(33)11(2)3/h8-11,13-14,16-17,31-32H,4-7H2,1-3H3,(H,26,33)(H3,22,23,27,28)/t13-,14+,16+,17-/m0/s1. The summed E-state index contributed by atoms with van der Waals surface area (Å²) < 4.78 is 3.70. The van der Waals surface area contributed by atoms with Gasteiger partial charge in [-0.3, -0.25) is 4.79 Å². The van der Waals surface area contributed by atoms with Gasteiger partial charge in [0.15, 0.2) is 11.5 Å². The van der Waals surface area contributed by atoms with Gasteiger partial charge in [-0.25, -0.2) is 9.97 Å². The van der Waals surface area contributed by atoms with Crippen molar-refractivity contribution in [3.8, 4) is 0 Å². The summed E-state index contributed by atoms with van der Waals surface area (Å²) in [4.78, 5) is 29.6. The van der Waals surface area contributed by atoms with Crippen LogP contribution in [-0.4, -0.2) is 70.0 Å². The molecular formula is C21H31N9O3. The summed E-state index contributed by atoms with van der Waals surface area (Å²) in [6.45, 7) is 7.03. The highest BCUT2D eigenvalue weighted by molar-refractivity contribution is 5.83. The van der Waals surface area contributed by atoms with E-state index in [-0.39, 0.29) is 17.6 Å². The Balaban J connectivity index is 1.51. The van der Waals surface area contributed by atoms with E-state index < -0.39 is 24.3 Å². The van der Waals surface area contributed by atoms with Crippen LogP contribution in [-0.2, 0) is 17.8 Å². The van der Waals surface area contributed by atoms with Crippen molar-refractivity contribution in [2.24, 2.45) is 5.92 Å². The normalized spacial score (nSPS) is 22.8. The van der Waals surface area contributed by atoms with E-state index in [9.17, 15) is 15.0 Å². The van der Waals surface area contributed by atoms with E-state index in [0.717, 1.165) is 12.2 Å². The number of carbonyl (C=O) groups is 1. The fraction of sp³-hybridized carbons (Fsp3) is 0.571. The van der Waals surface area contributed by atoms with Crippen LogP contribution in [0.2, 0.25) is 0 Å². The molecule has 1 amide bonds. The number of imidazole rings is 2. The molecule has 0 bridgehead atoms. The zero-order valence-electron chi connectivity index (χ0n) is 19.0. The molecule has 178 valence electrons. The molecule has 0 aromatic carbocycles. The minimum absolute atomic E-state index is 0.177. The van der Waals surface area contributed by atoms with E-state index in [0.29, 0.717) is 36.5 Å². The largest absolute Gasteiger partial charge is 0.388 e. The molecule has 0 radical (unpaired) electrons. The number of carbonyl (C=O) groups excluding carboxylic acids is 1. The minimum Gasteiger partial charge on any atom is -0.388 e. The Kier molecular flexibility index (Phi) is 6.47. The maximum absolute atomic E-state index is 12.1. The molecule has 1 aliphatic rings. The van der Waals surface area contributed by atoms with E-state index in [1.165, 1.54) is 6.33 Å². The minimum atomic E-state index is -1.10. The smallest absolute Gasteiger partial charge is 0.226 e. The maximum Gasteiger partial charge on any atom is 0.226 e. The predicted molar refractivity (Wildman–Crippen MR) is 122 cm³/mol. The number of aliphatic hydroxyl groups is 2. The molecule has 33 heavy (non-hydrogen) atoms. The van der Waals surface area contributed by atoms with Crippen molar-refractivity contribution in [1.82, 2.24) is 34.4 Å². The number of hydrogen-bond donors (Lipinski definition) is 5. The quantitative estimate of drug-likeness (QED) is 0.314. The average molecular weight is 458 g/mol. The highest BCUT2D eigenvalue weighted by atomic mass is 16.3. The number of anilines is 2. The molecule has 12 heteroatoms. The third kappa shape index (κ3) is 4.62. The summed E-state index contributed by atoms with van der Waals surface area (Å²) in [6.07, 6.45) is 4.15. The van der Waals surface area contributed by atoms with Gasteiger partial charge in [0.1, 0.15) is 17.7 Å². The molecule has 0 spiro atoms. The zero-order chi connectivity index (χ0) is 23.7. The molecule has 6 N–H and O–H groups in total. The van der Waals surface area contributed by atoms with Gasteiger partial charge < -0.3 is 35.7 Å². The number of nitrogen functional groups attached to an aromatic ring is 1. The van der Waals surface area contributed by atoms with Crippen molar-refractivity contribution in [3.63, 3.8) is 0 Å². The Morgan fingerprint density at radius 3 is 2.73 bits per heavy atom. The molecule has 0 aliphatic heterocycles. The second kappa shape index (κ2) is 9.32. The van der Waals surface area contributed by atoms with Gasteiger partial charge in [0.05, 0.1) is 30.4 Å². The number of aryl methyl sites for hydroxylation is 1. The zero-order valence-corrected chi connectivity index (χ0v) is 19.0. The van der Waals surface area contributed by atoms with Gasteiger partial charge in [-0.1, -0.05) is 13.8 Å². The highest BCUT2D eigenvalue weighted by Gasteiger charge is 2.44. The second-order valence-electron chi connectivity index (χ2n) is 8.68. The molecule has 3 aromatic heterocycles. The van der Waals surface area contributed by atoms with E-state index in [1.54, 1.807) is 24.7 Å². The average Bonchev–Trinajstić information content (AvgIpc) is 3.48. The Hall–Kier alpha value is -3.25. The SMILES string of the molecule is CCn1cnc(CCNc2nc(N)c3ncn([C@@H]4C[C@H](NC(=O)C(C)C)[C@@H](O)[C@H]4O)c3n2)c1. The number of nitrogens with two attached hydrogens (primary N) is 1. The van der Waals surface area contributed by atoms with Crippen LogP contribution in [0.25, 0.3) is 11.2 Å². The molecule has 3 aromatic rings. The van der Waals surface area contributed by atoms with Crippen molar-refractivity contribution >= 4 is 28.8 Å². The number of aliphatic hydroxyl groups excluding tert-OH is 2. The molecule has 1 fully saturated rings. The van der Waals surface area contributed by atoms with Gasteiger partial charge in [-0.2, -0.15) is 9.97 Å². The predicted octanol–water partition coefficient (Wildman–Crippen LogP) is 0.0869. The Labute approximate surface area is 191 Å². The fourth-order valence-corrected chi connectivity index (χ4v) is 4.05. The molecule has 0 unspecified atom stereocenters. The summed E-state index contributed by atoms with van der Waals surface area (Å²) in [5.41, 5.74) is 7.94. The molecule has 1 saturated carbocycles. The fourth-order valence-electron chi connectivity index (χ4n) is 4.05. The summed E-state index contributed by atoms with van der Waals surface area (Å²) in [5, 5.41) is 27.2. The lowest BCUT2D eigenvalue weighted by molar-refractivity contribution is -0.125. The summed E-state index contributed by atoms with van der Waals surface area (Å²) >= 11 is 0. The van der Waals surface area contributed by atoms with Gasteiger partial charge >= 0.3 is 0 Å². The lowest BCUT2D eigenvalue weighted by Gasteiger charge is -2.19. The van der Waals surface area contributed by atoms with Crippen LogP contribution < -0.4 is 16.4 Å². The van der Waals surface area contributed by atoms with Gasteiger partial charge in [0.2, 0.25) is 11.9 Å². The monoisotopic (exact) mass is 457 g/mol. The van der Waals surface area contributed by atoms with Crippen LogP contribution in [0.15, 0.2) is 18.9 Å². The molecule has 12 nitrogen and oxygen atoms in total. The topological polar surface area (TPSA) is 169 Å². The molecule has 4 atom stereocenters. The van der Waals surface area contributed by atoms with Gasteiger partial charge in [0.25, 0.3) is 0 Å². The van der Waals surface area contributed by atoms with Crippen LogP contribution in [0.1, 0.15) is 38.9 Å². The van der Waals surface area contributed by atoms with Crippen molar-refractivity contribution in [1.29, 1.82) is 0 Å². The Morgan fingerprint density at radius 2 is 2.03 bits per heavy atom. The lowest BCUT2D eigenvalue weighted by atomic mass is 10.1. The molecule has 1 aliphatic carbocycles. The van der Waals surface area contributed by atoms with Crippen molar-refractivity contribution in [3.05, 3.63) is 24.5 Å².